The molecule has 0 heterocycles. The van der Waals surface area contributed by atoms with E-state index in [1.165, 1.54) is 0 Å². The minimum absolute atomic E-state index is 0.0806. The second-order valence-corrected chi connectivity index (χ2v) is 4.00. The summed E-state index contributed by atoms with van der Waals surface area (Å²) in [7, 11) is -3.51. The number of hydrogen-bond donors (Lipinski definition) is 2. The highest BCUT2D eigenvalue weighted by Gasteiger charge is 2.38. The first kappa shape index (κ1) is 16.8. The molecule has 0 radical (unpaired) electrons. The number of carboxylic acid groups (broad SMARTS) is 1. The standard InChI is InChI=1S/C3H10NO3P.C2HF3O2/c1-8(5,6)7-3-2-4;3-2(4,5)1(6)7/h2-4H2,1H3,(H,5,6);(H,6,7)/p-1. The first-order chi connectivity index (χ1) is 6.50. The monoisotopic (exact) mass is 252 g/mol. The average molecular weight is 252 g/mol. The van der Waals surface area contributed by atoms with Gasteiger partial charge in [0.15, 0.2) is 0 Å². The second kappa shape index (κ2) is 6.78. The molecule has 0 aliphatic rings. The smallest absolute Gasteiger partial charge is 0.490 e. The zero-order valence-corrected chi connectivity index (χ0v) is 8.55. The Kier molecular flexibility index (Phi) is 7.59. The number of alkyl halides is 3. The van der Waals surface area contributed by atoms with Crippen LogP contribution in [0.25, 0.3) is 0 Å². The summed E-state index contributed by atoms with van der Waals surface area (Å²) >= 11 is 0. The minimum atomic E-state index is -5.08. The predicted molar refractivity (Wildman–Crippen MR) is 42.2 cm³/mol. The molecule has 0 saturated heterocycles. The van der Waals surface area contributed by atoms with E-state index in [0.29, 0.717) is 0 Å². The zero-order valence-electron chi connectivity index (χ0n) is 7.65. The van der Waals surface area contributed by atoms with Crippen molar-refractivity contribution in [3.8, 4) is 0 Å². The van der Waals surface area contributed by atoms with Crippen LogP contribution in [0.3, 0.4) is 0 Å². The van der Waals surface area contributed by atoms with E-state index in [9.17, 15) is 22.6 Å². The predicted octanol–water partition coefficient (Wildman–Crippen LogP) is -0.222. The summed E-state index contributed by atoms with van der Waals surface area (Å²) in [6, 6.07) is 0. The summed E-state index contributed by atoms with van der Waals surface area (Å²) < 4.78 is 46.1. The zero-order chi connectivity index (χ0) is 12.7. The highest BCUT2D eigenvalue weighted by molar-refractivity contribution is 7.50. The Morgan fingerprint density at radius 2 is 1.93 bits per heavy atom. The fourth-order valence-electron chi connectivity index (χ4n) is 0.219. The fraction of sp³-hybridized carbons (Fsp3) is 0.800. The number of rotatable bonds is 3. The number of carboxylic acids is 1. The van der Waals surface area contributed by atoms with Gasteiger partial charge < -0.3 is 24.8 Å². The molecule has 0 rings (SSSR count). The quantitative estimate of drug-likeness (QED) is 0.671. The Bertz CT molecular complexity index is 237. The van der Waals surface area contributed by atoms with Crippen molar-refractivity contribution in [2.45, 2.75) is 6.18 Å². The van der Waals surface area contributed by atoms with Gasteiger partial charge in [0.1, 0.15) is 7.60 Å². The van der Waals surface area contributed by atoms with Crippen molar-refractivity contribution in [3.63, 3.8) is 0 Å². The van der Waals surface area contributed by atoms with Crippen LogP contribution in [0.4, 0.5) is 13.2 Å². The van der Waals surface area contributed by atoms with Gasteiger partial charge in [0.2, 0.25) is 0 Å². The molecule has 0 amide bonds. The number of nitrogens with two attached hydrogens (primary N) is 1. The van der Waals surface area contributed by atoms with E-state index in [-0.39, 0.29) is 13.2 Å². The molecule has 0 aliphatic heterocycles. The van der Waals surface area contributed by atoms with Crippen LogP contribution in [-0.4, -0.2) is 37.1 Å². The number of halogens is 3. The number of aliphatic carboxylic acids is 1. The van der Waals surface area contributed by atoms with Crippen molar-refractivity contribution < 1.29 is 37.1 Å². The summed E-state index contributed by atoms with van der Waals surface area (Å²) in [5, 5.41) is 7.12. The lowest BCUT2D eigenvalue weighted by Crippen LogP contribution is -2.21. The van der Waals surface area contributed by atoms with Crippen LogP contribution in [0.15, 0.2) is 0 Å². The van der Waals surface area contributed by atoms with Gasteiger partial charge in [0, 0.05) is 13.2 Å². The molecule has 0 aromatic heterocycles. The fourth-order valence-corrected chi connectivity index (χ4v) is 0.656. The van der Waals surface area contributed by atoms with Crippen LogP contribution in [0.2, 0.25) is 0 Å². The van der Waals surface area contributed by atoms with Crippen LogP contribution >= 0.6 is 7.60 Å². The van der Waals surface area contributed by atoms with Crippen LogP contribution in [0.1, 0.15) is 0 Å². The van der Waals surface area contributed by atoms with E-state index >= 15 is 0 Å². The topological polar surface area (TPSA) is 113 Å². The third kappa shape index (κ3) is 16.1. The lowest BCUT2D eigenvalue weighted by molar-refractivity contribution is -0.196. The lowest BCUT2D eigenvalue weighted by atomic mass is 10.7. The molecule has 15 heavy (non-hydrogen) atoms. The lowest BCUT2D eigenvalue weighted by Gasteiger charge is -2.16. The van der Waals surface area contributed by atoms with Crippen molar-refractivity contribution in [1.82, 2.24) is 0 Å². The number of hydrogen-bond acceptors (Lipinski definition) is 5. The Hall–Kier alpha value is -0.630. The Morgan fingerprint density at radius 3 is 2.00 bits per heavy atom. The minimum Gasteiger partial charge on any atom is -0.779 e. The highest BCUT2D eigenvalue weighted by atomic mass is 31.2. The summed E-state index contributed by atoms with van der Waals surface area (Å²) in [5.74, 6) is -2.76. The van der Waals surface area contributed by atoms with Gasteiger partial charge >= 0.3 is 12.1 Å². The summed E-state index contributed by atoms with van der Waals surface area (Å²) in [6.45, 7) is 1.33. The molecule has 0 spiro atoms. The van der Waals surface area contributed by atoms with Crippen LogP contribution in [-0.2, 0) is 13.9 Å². The van der Waals surface area contributed by atoms with Gasteiger partial charge in [-0.3, -0.25) is 0 Å². The molecular formula is C5H10F3NO5P-. The average Bonchev–Trinajstić information content (AvgIpc) is 1.98. The maximum Gasteiger partial charge on any atom is 0.490 e. The summed E-state index contributed by atoms with van der Waals surface area (Å²) in [5.41, 5.74) is 4.95. The van der Waals surface area contributed by atoms with E-state index < -0.39 is 19.7 Å². The van der Waals surface area contributed by atoms with Crippen molar-refractivity contribution in [2.75, 3.05) is 19.8 Å². The molecule has 0 saturated carbocycles. The maximum absolute atomic E-state index is 10.6. The Balaban J connectivity index is 0. The van der Waals surface area contributed by atoms with Crippen LogP contribution < -0.4 is 10.6 Å². The van der Waals surface area contributed by atoms with Gasteiger partial charge in [-0.15, -0.1) is 0 Å². The van der Waals surface area contributed by atoms with Crippen molar-refractivity contribution in [1.29, 1.82) is 0 Å². The molecule has 3 N–H and O–H groups in total. The van der Waals surface area contributed by atoms with E-state index in [1.54, 1.807) is 0 Å². The SMILES string of the molecule is CP(=O)([O-])OCCN.O=C(O)C(F)(F)F. The van der Waals surface area contributed by atoms with Gasteiger partial charge in [-0.25, -0.2) is 4.79 Å². The third-order valence-electron chi connectivity index (χ3n) is 0.686. The van der Waals surface area contributed by atoms with Crippen LogP contribution in [0, 0.1) is 0 Å². The molecule has 0 bridgehead atoms. The van der Waals surface area contributed by atoms with Gasteiger partial charge in [-0.05, 0) is 0 Å². The Morgan fingerprint density at radius 1 is 1.60 bits per heavy atom. The molecule has 1 unspecified atom stereocenters. The highest BCUT2D eigenvalue weighted by Crippen LogP contribution is 2.29. The molecule has 92 valence electrons. The largest absolute Gasteiger partial charge is 0.779 e. The van der Waals surface area contributed by atoms with Gasteiger partial charge in [-0.2, -0.15) is 13.2 Å². The second-order valence-electron chi connectivity index (χ2n) is 2.20. The molecule has 1 atom stereocenters. The molecule has 0 aliphatic carbocycles. The van der Waals surface area contributed by atoms with Gasteiger partial charge in [0.05, 0.1) is 6.61 Å². The van der Waals surface area contributed by atoms with Crippen molar-refractivity contribution >= 4 is 13.6 Å². The van der Waals surface area contributed by atoms with Crippen LogP contribution in [0.5, 0.6) is 0 Å². The summed E-state index contributed by atoms with van der Waals surface area (Å²) in [6.07, 6.45) is -5.08. The number of carbonyl (C=O) groups is 1. The molecule has 0 aromatic rings. The maximum atomic E-state index is 10.6. The van der Waals surface area contributed by atoms with Gasteiger partial charge in [0.25, 0.3) is 0 Å². The van der Waals surface area contributed by atoms with Gasteiger partial charge in [-0.1, -0.05) is 0 Å². The molecular weight excluding hydrogens is 242 g/mol. The summed E-state index contributed by atoms with van der Waals surface area (Å²) in [4.78, 5) is 19.0. The van der Waals surface area contributed by atoms with E-state index in [2.05, 4.69) is 4.52 Å². The first-order valence-corrected chi connectivity index (χ1v) is 5.43. The van der Waals surface area contributed by atoms with Crippen molar-refractivity contribution in [3.05, 3.63) is 0 Å². The van der Waals surface area contributed by atoms with E-state index in [4.69, 9.17) is 15.6 Å². The van der Waals surface area contributed by atoms with E-state index in [0.717, 1.165) is 6.66 Å². The molecule has 10 heteroatoms. The van der Waals surface area contributed by atoms with Crippen molar-refractivity contribution in [2.24, 2.45) is 5.73 Å². The normalized spacial score (nSPS) is 14.8. The molecule has 0 aromatic carbocycles. The molecule has 0 fully saturated rings. The third-order valence-corrected chi connectivity index (χ3v) is 1.34. The Labute approximate surface area is 83.4 Å². The first-order valence-electron chi connectivity index (χ1n) is 3.44. The molecule has 6 nitrogen and oxygen atoms in total. The van der Waals surface area contributed by atoms with E-state index in [1.807, 2.05) is 0 Å².